The van der Waals surface area contributed by atoms with Crippen LogP contribution in [-0.2, 0) is 11.2 Å². The molecule has 1 aromatic rings. The summed E-state index contributed by atoms with van der Waals surface area (Å²) >= 11 is 0. The molecule has 0 saturated heterocycles. The monoisotopic (exact) mass is 271 g/mol. The first-order valence-corrected chi connectivity index (χ1v) is 6.28. The van der Waals surface area contributed by atoms with E-state index in [1.54, 1.807) is 12.1 Å². The Labute approximate surface area is 112 Å². The second-order valence-electron chi connectivity index (χ2n) is 4.72. The van der Waals surface area contributed by atoms with Crippen molar-refractivity contribution < 1.29 is 18.3 Å². The summed E-state index contributed by atoms with van der Waals surface area (Å²) in [6.07, 6.45) is 1.18. The molecular weight excluding hydrogens is 252 g/mol. The van der Waals surface area contributed by atoms with E-state index in [-0.39, 0.29) is 11.7 Å². The van der Waals surface area contributed by atoms with Gasteiger partial charge < -0.3 is 10.1 Å². The van der Waals surface area contributed by atoms with Crippen LogP contribution in [0, 0.1) is 5.92 Å². The predicted molar refractivity (Wildman–Crippen MR) is 69.2 cm³/mol. The Morgan fingerprint density at radius 1 is 1.26 bits per heavy atom. The zero-order valence-electron chi connectivity index (χ0n) is 11.2. The van der Waals surface area contributed by atoms with E-state index in [1.807, 2.05) is 13.8 Å². The number of rotatable bonds is 7. The molecule has 0 heterocycles. The number of hydrogen-bond donors (Lipinski definition) is 1. The topological polar surface area (TPSA) is 38.3 Å². The molecule has 0 aromatic heterocycles. The maximum atomic E-state index is 11.9. The van der Waals surface area contributed by atoms with E-state index in [4.69, 9.17) is 0 Å². The van der Waals surface area contributed by atoms with Crippen LogP contribution in [0.15, 0.2) is 24.3 Å². The minimum absolute atomic E-state index is 0.0349. The normalized spacial score (nSPS) is 10.8. The second kappa shape index (κ2) is 7.71. The zero-order valence-corrected chi connectivity index (χ0v) is 11.2. The summed E-state index contributed by atoms with van der Waals surface area (Å²) < 4.78 is 28.1. The van der Waals surface area contributed by atoms with Crippen molar-refractivity contribution in [3.8, 4) is 5.75 Å². The molecule has 0 unspecified atom stereocenters. The lowest BCUT2D eigenvalue weighted by molar-refractivity contribution is -0.121. The van der Waals surface area contributed by atoms with Crippen molar-refractivity contribution in [3.63, 3.8) is 0 Å². The van der Waals surface area contributed by atoms with Gasteiger partial charge in [-0.1, -0.05) is 26.0 Å². The number of benzene rings is 1. The van der Waals surface area contributed by atoms with Gasteiger partial charge in [0.2, 0.25) is 5.91 Å². The summed E-state index contributed by atoms with van der Waals surface area (Å²) in [5.74, 6) is 0.515. The van der Waals surface area contributed by atoms with Gasteiger partial charge in [0, 0.05) is 13.0 Å². The maximum absolute atomic E-state index is 11.9. The van der Waals surface area contributed by atoms with E-state index >= 15 is 0 Å². The summed E-state index contributed by atoms with van der Waals surface area (Å²) in [4.78, 5) is 11.4. The minimum Gasteiger partial charge on any atom is -0.435 e. The van der Waals surface area contributed by atoms with Crippen molar-refractivity contribution in [2.24, 2.45) is 5.92 Å². The largest absolute Gasteiger partial charge is 0.435 e. The molecule has 0 radical (unpaired) electrons. The third-order valence-corrected chi connectivity index (χ3v) is 2.48. The zero-order chi connectivity index (χ0) is 14.3. The molecule has 106 valence electrons. The lowest BCUT2D eigenvalue weighted by atomic mass is 10.1. The Balaban J connectivity index is 2.32. The Hall–Kier alpha value is -1.65. The highest BCUT2D eigenvalue weighted by molar-refractivity contribution is 5.76. The number of nitrogens with one attached hydrogen (secondary N) is 1. The van der Waals surface area contributed by atoms with E-state index in [2.05, 4.69) is 10.1 Å². The number of halogens is 2. The smallest absolute Gasteiger partial charge is 0.387 e. The van der Waals surface area contributed by atoms with Crippen molar-refractivity contribution in [1.82, 2.24) is 5.32 Å². The Kier molecular flexibility index (Phi) is 6.25. The number of carbonyl (C=O) groups is 1. The predicted octanol–water partition coefficient (Wildman–Crippen LogP) is 2.99. The van der Waals surface area contributed by atoms with E-state index in [9.17, 15) is 13.6 Å². The van der Waals surface area contributed by atoms with Gasteiger partial charge >= 0.3 is 6.61 Å². The first kappa shape index (κ1) is 15.4. The highest BCUT2D eigenvalue weighted by Crippen LogP contribution is 2.14. The number of hydrogen-bond acceptors (Lipinski definition) is 2. The highest BCUT2D eigenvalue weighted by atomic mass is 19.3. The van der Waals surface area contributed by atoms with E-state index in [0.717, 1.165) is 5.56 Å². The lowest BCUT2D eigenvalue weighted by Gasteiger charge is -2.08. The Morgan fingerprint density at radius 2 is 1.89 bits per heavy atom. The summed E-state index contributed by atoms with van der Waals surface area (Å²) in [6, 6.07) is 6.42. The van der Waals surface area contributed by atoms with Crippen molar-refractivity contribution in [1.29, 1.82) is 0 Å². The molecule has 0 aliphatic rings. The van der Waals surface area contributed by atoms with Gasteiger partial charge in [-0.05, 0) is 30.0 Å². The fraction of sp³-hybridized carbons (Fsp3) is 0.500. The van der Waals surface area contributed by atoms with Crippen LogP contribution in [0.1, 0.15) is 25.8 Å². The van der Waals surface area contributed by atoms with Crippen molar-refractivity contribution >= 4 is 5.91 Å². The molecule has 1 rings (SSSR count). The van der Waals surface area contributed by atoms with Crippen LogP contribution in [0.4, 0.5) is 8.78 Å². The molecule has 1 amide bonds. The van der Waals surface area contributed by atoms with Crippen molar-refractivity contribution in [2.75, 3.05) is 6.54 Å². The number of alkyl halides is 2. The van der Waals surface area contributed by atoms with Gasteiger partial charge in [-0.3, -0.25) is 4.79 Å². The van der Waals surface area contributed by atoms with Gasteiger partial charge in [0.25, 0.3) is 0 Å². The Bertz CT molecular complexity index is 391. The fourth-order valence-electron chi connectivity index (χ4n) is 1.63. The molecule has 3 nitrogen and oxygen atoms in total. The lowest BCUT2D eigenvalue weighted by Crippen LogP contribution is -2.26. The SMILES string of the molecule is CC(C)CC(=O)NCCc1ccc(OC(F)F)cc1. The second-order valence-corrected chi connectivity index (χ2v) is 4.72. The van der Waals surface area contributed by atoms with Gasteiger partial charge in [-0.15, -0.1) is 0 Å². The number of amides is 1. The molecule has 19 heavy (non-hydrogen) atoms. The molecule has 0 bridgehead atoms. The first-order valence-electron chi connectivity index (χ1n) is 6.28. The summed E-state index contributed by atoms with van der Waals surface area (Å²) in [7, 11) is 0. The van der Waals surface area contributed by atoms with E-state index in [1.165, 1.54) is 12.1 Å². The van der Waals surface area contributed by atoms with Crippen LogP contribution in [0.2, 0.25) is 0 Å². The highest BCUT2D eigenvalue weighted by Gasteiger charge is 2.05. The van der Waals surface area contributed by atoms with Crippen LogP contribution >= 0.6 is 0 Å². The maximum Gasteiger partial charge on any atom is 0.387 e. The van der Waals surface area contributed by atoms with Crippen LogP contribution in [0.3, 0.4) is 0 Å². The van der Waals surface area contributed by atoms with E-state index < -0.39 is 6.61 Å². The van der Waals surface area contributed by atoms with Gasteiger partial charge in [-0.25, -0.2) is 0 Å². The molecule has 1 N–H and O–H groups in total. The van der Waals surface area contributed by atoms with Gasteiger partial charge in [-0.2, -0.15) is 8.78 Å². The molecule has 0 atom stereocenters. The molecule has 0 aliphatic heterocycles. The minimum atomic E-state index is -2.80. The van der Waals surface area contributed by atoms with Gasteiger partial charge in [0.15, 0.2) is 0 Å². The van der Waals surface area contributed by atoms with Crippen molar-refractivity contribution in [3.05, 3.63) is 29.8 Å². The summed E-state index contributed by atoms with van der Waals surface area (Å²) in [5.41, 5.74) is 0.964. The molecule has 0 aliphatic carbocycles. The number of ether oxygens (including phenoxy) is 1. The van der Waals surface area contributed by atoms with Gasteiger partial charge in [0.05, 0.1) is 0 Å². The molecule has 0 saturated carbocycles. The Morgan fingerprint density at radius 3 is 2.42 bits per heavy atom. The van der Waals surface area contributed by atoms with Crippen LogP contribution in [0.5, 0.6) is 5.75 Å². The first-order chi connectivity index (χ1) is 8.97. The van der Waals surface area contributed by atoms with Crippen LogP contribution in [-0.4, -0.2) is 19.1 Å². The van der Waals surface area contributed by atoms with Crippen LogP contribution in [0.25, 0.3) is 0 Å². The summed E-state index contributed by atoms with van der Waals surface area (Å²) in [5, 5.41) is 2.82. The molecule has 1 aromatic carbocycles. The average molecular weight is 271 g/mol. The third-order valence-electron chi connectivity index (χ3n) is 2.48. The fourth-order valence-corrected chi connectivity index (χ4v) is 1.63. The molecule has 0 fully saturated rings. The molecule has 0 spiro atoms. The summed E-state index contributed by atoms with van der Waals surface area (Å²) in [6.45, 7) is 1.71. The van der Waals surface area contributed by atoms with Crippen molar-refractivity contribution in [2.45, 2.75) is 33.3 Å². The van der Waals surface area contributed by atoms with Gasteiger partial charge in [0.1, 0.15) is 5.75 Å². The third kappa shape index (κ3) is 6.74. The standard InChI is InChI=1S/C14H19F2NO2/c1-10(2)9-13(18)17-8-7-11-3-5-12(6-4-11)19-14(15)16/h3-6,10,14H,7-9H2,1-2H3,(H,17,18). The molecule has 5 heteroatoms. The average Bonchev–Trinajstić information content (AvgIpc) is 2.29. The number of carbonyl (C=O) groups excluding carboxylic acids is 1. The van der Waals surface area contributed by atoms with E-state index in [0.29, 0.717) is 25.3 Å². The molecular formula is C14H19F2NO2. The quantitative estimate of drug-likeness (QED) is 0.828. The van der Waals surface area contributed by atoms with Crippen LogP contribution < -0.4 is 10.1 Å².